The number of hydrogen-bond donors (Lipinski definition) is 0. The van der Waals surface area contributed by atoms with Crippen LogP contribution in [0.1, 0.15) is 28.8 Å². The zero-order valence-corrected chi connectivity index (χ0v) is 12.7. The van der Waals surface area contributed by atoms with Gasteiger partial charge in [0.15, 0.2) is 0 Å². The number of likely N-dealkylation sites (tertiary alicyclic amines) is 1. The SMILES string of the molecule is Cc1cccc(OC2CCN(C(=O)c3cccnc3)CC2)c1. The summed E-state index contributed by atoms with van der Waals surface area (Å²) in [5, 5.41) is 0. The summed E-state index contributed by atoms with van der Waals surface area (Å²) in [5.74, 6) is 0.971. The molecule has 1 aliphatic rings. The van der Waals surface area contributed by atoms with E-state index in [9.17, 15) is 4.79 Å². The van der Waals surface area contributed by atoms with E-state index >= 15 is 0 Å². The molecule has 0 aliphatic carbocycles. The van der Waals surface area contributed by atoms with Crippen molar-refractivity contribution in [1.29, 1.82) is 0 Å². The molecule has 1 aromatic carbocycles. The van der Waals surface area contributed by atoms with Gasteiger partial charge in [-0.2, -0.15) is 0 Å². The summed E-state index contributed by atoms with van der Waals surface area (Å²) in [7, 11) is 0. The number of hydrogen-bond acceptors (Lipinski definition) is 3. The van der Waals surface area contributed by atoms with Crippen LogP contribution in [0.3, 0.4) is 0 Å². The highest BCUT2D eigenvalue weighted by atomic mass is 16.5. The van der Waals surface area contributed by atoms with Crippen LogP contribution >= 0.6 is 0 Å². The summed E-state index contributed by atoms with van der Waals surface area (Å²) >= 11 is 0. The number of nitrogens with zero attached hydrogens (tertiary/aromatic N) is 2. The Morgan fingerprint density at radius 3 is 2.73 bits per heavy atom. The first-order chi connectivity index (χ1) is 10.7. The van der Waals surface area contributed by atoms with Crippen LogP contribution in [-0.4, -0.2) is 35.0 Å². The number of benzene rings is 1. The molecule has 4 heteroatoms. The summed E-state index contributed by atoms with van der Waals surface area (Å²) in [4.78, 5) is 18.2. The number of piperidine rings is 1. The average Bonchev–Trinajstić information content (AvgIpc) is 2.56. The van der Waals surface area contributed by atoms with Gasteiger partial charge in [0.25, 0.3) is 5.91 Å². The Kier molecular flexibility index (Phi) is 4.37. The molecule has 0 saturated carbocycles. The molecular formula is C18H20N2O2. The number of aromatic nitrogens is 1. The Bertz CT molecular complexity index is 635. The van der Waals surface area contributed by atoms with Crippen LogP contribution in [0.2, 0.25) is 0 Å². The molecule has 0 unspecified atom stereocenters. The fourth-order valence-corrected chi connectivity index (χ4v) is 2.73. The lowest BCUT2D eigenvalue weighted by Gasteiger charge is -2.32. The van der Waals surface area contributed by atoms with Crippen molar-refractivity contribution in [3.05, 3.63) is 59.9 Å². The maximum absolute atomic E-state index is 12.4. The minimum absolute atomic E-state index is 0.0575. The number of amides is 1. The first-order valence-electron chi connectivity index (χ1n) is 7.65. The minimum Gasteiger partial charge on any atom is -0.490 e. The van der Waals surface area contributed by atoms with Crippen LogP contribution < -0.4 is 4.74 Å². The molecule has 4 nitrogen and oxygen atoms in total. The van der Waals surface area contributed by atoms with Crippen molar-refractivity contribution < 1.29 is 9.53 Å². The Hall–Kier alpha value is -2.36. The van der Waals surface area contributed by atoms with Gasteiger partial charge in [-0.1, -0.05) is 12.1 Å². The van der Waals surface area contributed by atoms with Crippen molar-refractivity contribution in [2.75, 3.05) is 13.1 Å². The zero-order valence-electron chi connectivity index (χ0n) is 12.7. The summed E-state index contributed by atoms with van der Waals surface area (Å²) in [5.41, 5.74) is 1.85. The highest BCUT2D eigenvalue weighted by molar-refractivity contribution is 5.93. The lowest BCUT2D eigenvalue weighted by Crippen LogP contribution is -2.41. The maximum Gasteiger partial charge on any atom is 0.255 e. The van der Waals surface area contributed by atoms with E-state index in [1.807, 2.05) is 29.2 Å². The van der Waals surface area contributed by atoms with Gasteiger partial charge in [-0.3, -0.25) is 9.78 Å². The van der Waals surface area contributed by atoms with Gasteiger partial charge in [-0.05, 0) is 36.8 Å². The van der Waals surface area contributed by atoms with E-state index < -0.39 is 0 Å². The van der Waals surface area contributed by atoms with Crippen LogP contribution in [0.15, 0.2) is 48.8 Å². The van der Waals surface area contributed by atoms with Gasteiger partial charge in [-0.25, -0.2) is 0 Å². The van der Waals surface area contributed by atoms with Gasteiger partial charge in [0.1, 0.15) is 11.9 Å². The number of carbonyl (C=O) groups is 1. The van der Waals surface area contributed by atoms with Crippen LogP contribution in [0.25, 0.3) is 0 Å². The highest BCUT2D eigenvalue weighted by Gasteiger charge is 2.24. The molecule has 1 aromatic heterocycles. The van der Waals surface area contributed by atoms with Crippen molar-refractivity contribution in [3.63, 3.8) is 0 Å². The largest absolute Gasteiger partial charge is 0.490 e. The number of ether oxygens (including phenoxy) is 1. The fourth-order valence-electron chi connectivity index (χ4n) is 2.73. The molecule has 0 spiro atoms. The molecule has 2 aromatic rings. The van der Waals surface area contributed by atoms with Crippen molar-refractivity contribution in [2.24, 2.45) is 0 Å². The molecular weight excluding hydrogens is 276 g/mol. The lowest BCUT2D eigenvalue weighted by molar-refractivity contribution is 0.0595. The van der Waals surface area contributed by atoms with Crippen LogP contribution in [0.4, 0.5) is 0 Å². The molecule has 2 heterocycles. The first kappa shape index (κ1) is 14.6. The zero-order chi connectivity index (χ0) is 15.4. The quantitative estimate of drug-likeness (QED) is 0.874. The fraction of sp³-hybridized carbons (Fsp3) is 0.333. The predicted octanol–water partition coefficient (Wildman–Crippen LogP) is 3.07. The van der Waals surface area contributed by atoms with E-state index in [1.165, 1.54) is 5.56 Å². The highest BCUT2D eigenvalue weighted by Crippen LogP contribution is 2.20. The van der Waals surface area contributed by atoms with E-state index in [0.717, 1.165) is 31.7 Å². The lowest BCUT2D eigenvalue weighted by atomic mass is 10.1. The molecule has 0 bridgehead atoms. The van der Waals surface area contributed by atoms with Crippen molar-refractivity contribution in [1.82, 2.24) is 9.88 Å². The summed E-state index contributed by atoms with van der Waals surface area (Å²) in [6.45, 7) is 3.51. The molecule has 1 amide bonds. The van der Waals surface area contributed by atoms with E-state index in [4.69, 9.17) is 4.74 Å². The first-order valence-corrected chi connectivity index (χ1v) is 7.65. The molecule has 0 N–H and O–H groups in total. The maximum atomic E-state index is 12.4. The summed E-state index contributed by atoms with van der Waals surface area (Å²) in [6, 6.07) is 11.7. The van der Waals surface area contributed by atoms with E-state index in [0.29, 0.717) is 5.56 Å². The average molecular weight is 296 g/mol. The van der Waals surface area contributed by atoms with Gasteiger partial charge >= 0.3 is 0 Å². The monoisotopic (exact) mass is 296 g/mol. The second-order valence-corrected chi connectivity index (χ2v) is 5.67. The second-order valence-electron chi connectivity index (χ2n) is 5.67. The Morgan fingerprint density at radius 1 is 1.23 bits per heavy atom. The number of rotatable bonds is 3. The number of pyridine rings is 1. The van der Waals surface area contributed by atoms with Crippen molar-refractivity contribution in [2.45, 2.75) is 25.9 Å². The third-order valence-corrected chi connectivity index (χ3v) is 3.93. The van der Waals surface area contributed by atoms with Gasteiger partial charge in [0.05, 0.1) is 5.56 Å². The van der Waals surface area contributed by atoms with Gasteiger partial charge < -0.3 is 9.64 Å². The summed E-state index contributed by atoms with van der Waals surface area (Å²) in [6.07, 6.45) is 5.20. The van der Waals surface area contributed by atoms with Crippen molar-refractivity contribution >= 4 is 5.91 Å². The number of carbonyl (C=O) groups excluding carboxylic acids is 1. The molecule has 22 heavy (non-hydrogen) atoms. The Labute approximate surface area is 130 Å². The van der Waals surface area contributed by atoms with Gasteiger partial charge in [0.2, 0.25) is 0 Å². The molecule has 3 rings (SSSR count). The van der Waals surface area contributed by atoms with Gasteiger partial charge in [-0.15, -0.1) is 0 Å². The Morgan fingerprint density at radius 2 is 2.05 bits per heavy atom. The standard InChI is InChI=1S/C18H20N2O2/c1-14-4-2-6-17(12-14)22-16-7-10-20(11-8-16)18(21)15-5-3-9-19-13-15/h2-6,9,12-13,16H,7-8,10-11H2,1H3. The predicted molar refractivity (Wildman–Crippen MR) is 85.0 cm³/mol. The van der Waals surface area contributed by atoms with Gasteiger partial charge in [0, 0.05) is 38.3 Å². The van der Waals surface area contributed by atoms with Crippen LogP contribution in [0, 0.1) is 6.92 Å². The third kappa shape index (κ3) is 3.45. The molecule has 0 radical (unpaired) electrons. The summed E-state index contributed by atoms with van der Waals surface area (Å²) < 4.78 is 6.02. The smallest absolute Gasteiger partial charge is 0.255 e. The van der Waals surface area contributed by atoms with E-state index in [1.54, 1.807) is 18.5 Å². The third-order valence-electron chi connectivity index (χ3n) is 3.93. The van der Waals surface area contributed by atoms with Crippen LogP contribution in [-0.2, 0) is 0 Å². The van der Waals surface area contributed by atoms with Crippen LogP contribution in [0.5, 0.6) is 5.75 Å². The normalized spacial score (nSPS) is 15.6. The van der Waals surface area contributed by atoms with E-state index in [-0.39, 0.29) is 12.0 Å². The second kappa shape index (κ2) is 6.60. The van der Waals surface area contributed by atoms with E-state index in [2.05, 4.69) is 18.0 Å². The molecule has 1 saturated heterocycles. The number of aryl methyl sites for hydroxylation is 1. The molecule has 0 atom stereocenters. The van der Waals surface area contributed by atoms with Crippen molar-refractivity contribution in [3.8, 4) is 5.75 Å². The molecule has 114 valence electrons. The Balaban J connectivity index is 1.55. The topological polar surface area (TPSA) is 42.4 Å². The molecule has 1 aliphatic heterocycles. The minimum atomic E-state index is 0.0575. The molecule has 1 fully saturated rings.